The van der Waals surface area contributed by atoms with Gasteiger partial charge in [0.25, 0.3) is 0 Å². The van der Waals surface area contributed by atoms with Gasteiger partial charge in [-0.05, 0) is 32.0 Å². The van der Waals surface area contributed by atoms with Crippen molar-refractivity contribution in [3.63, 3.8) is 0 Å². The van der Waals surface area contributed by atoms with Crippen molar-refractivity contribution in [2.45, 2.75) is 12.8 Å². The van der Waals surface area contributed by atoms with Crippen LogP contribution in [-0.2, 0) is 0 Å². The number of rotatable bonds is 7. The average Bonchev–Trinajstić information content (AvgIpc) is 2.69. The Morgan fingerprint density at radius 1 is 1.08 bits per heavy atom. The third-order valence-electron chi connectivity index (χ3n) is 4.74. The van der Waals surface area contributed by atoms with Crippen LogP contribution in [-0.4, -0.2) is 41.8 Å². The number of hydrogen-bond acceptors (Lipinski definition) is 5. The molecule has 136 valence electrons. The number of likely N-dealkylation sites (tertiary alicyclic amines) is 1. The highest BCUT2D eigenvalue weighted by atomic mass is 16.6. The summed E-state index contributed by atoms with van der Waals surface area (Å²) >= 11 is 0. The second kappa shape index (κ2) is 8.58. The number of nitro benzene ring substituents is 1. The highest BCUT2D eigenvalue weighted by Gasteiger charge is 2.25. The predicted octanol–water partition coefficient (Wildman–Crippen LogP) is 3.57. The largest absolute Gasteiger partial charge is 0.485 e. The van der Waals surface area contributed by atoms with Crippen molar-refractivity contribution in [1.29, 1.82) is 0 Å². The van der Waals surface area contributed by atoms with E-state index < -0.39 is 4.92 Å². The molecule has 2 aromatic rings. The number of carbonyl (C=O) groups excluding carboxylic acids is 1. The monoisotopic (exact) mass is 354 g/mol. The number of para-hydroxylation sites is 2. The molecule has 2 aromatic carbocycles. The van der Waals surface area contributed by atoms with E-state index in [1.807, 2.05) is 30.3 Å². The summed E-state index contributed by atoms with van der Waals surface area (Å²) in [5.74, 6) is 0.595. The van der Waals surface area contributed by atoms with Crippen LogP contribution in [0.25, 0.3) is 0 Å². The summed E-state index contributed by atoms with van der Waals surface area (Å²) in [6.45, 7) is 2.76. The molecular formula is C20H22N2O4. The fourth-order valence-corrected chi connectivity index (χ4v) is 3.27. The molecule has 6 nitrogen and oxygen atoms in total. The Bertz CT molecular complexity index is 755. The van der Waals surface area contributed by atoms with Gasteiger partial charge in [0, 0.05) is 24.1 Å². The van der Waals surface area contributed by atoms with Gasteiger partial charge in [-0.1, -0.05) is 42.5 Å². The zero-order chi connectivity index (χ0) is 18.4. The van der Waals surface area contributed by atoms with E-state index in [0.29, 0.717) is 18.9 Å². The molecule has 3 rings (SSSR count). The Balaban J connectivity index is 1.45. The summed E-state index contributed by atoms with van der Waals surface area (Å²) in [7, 11) is 0. The van der Waals surface area contributed by atoms with Gasteiger partial charge in [-0.3, -0.25) is 19.8 Å². The lowest BCUT2D eigenvalue weighted by Gasteiger charge is -2.31. The van der Waals surface area contributed by atoms with E-state index >= 15 is 0 Å². The van der Waals surface area contributed by atoms with Crippen LogP contribution >= 0.6 is 0 Å². The van der Waals surface area contributed by atoms with Gasteiger partial charge in [0.1, 0.15) is 6.61 Å². The summed E-state index contributed by atoms with van der Waals surface area (Å²) in [6.07, 6.45) is 1.67. The summed E-state index contributed by atoms with van der Waals surface area (Å²) in [5.41, 5.74) is 0.769. The first-order valence-corrected chi connectivity index (χ1v) is 8.83. The van der Waals surface area contributed by atoms with Gasteiger partial charge in [-0.25, -0.2) is 0 Å². The van der Waals surface area contributed by atoms with Gasteiger partial charge in [0.05, 0.1) is 4.92 Å². The Labute approximate surface area is 152 Å². The van der Waals surface area contributed by atoms with E-state index in [4.69, 9.17) is 4.74 Å². The van der Waals surface area contributed by atoms with Crippen molar-refractivity contribution in [2.75, 3.05) is 26.2 Å². The molecule has 1 aliphatic heterocycles. The van der Waals surface area contributed by atoms with Gasteiger partial charge >= 0.3 is 5.69 Å². The molecule has 0 bridgehead atoms. The van der Waals surface area contributed by atoms with Crippen LogP contribution in [0.2, 0.25) is 0 Å². The molecule has 1 fully saturated rings. The molecule has 0 aromatic heterocycles. The van der Waals surface area contributed by atoms with Crippen molar-refractivity contribution in [3.05, 3.63) is 70.3 Å². The fraction of sp³-hybridized carbons (Fsp3) is 0.350. The van der Waals surface area contributed by atoms with Crippen molar-refractivity contribution >= 4 is 11.5 Å². The molecule has 0 unspecified atom stereocenters. The SMILES string of the molecule is O=C(c1ccccc1)C1CCN(CCOc2ccccc2[N+](=O)[O-])CC1. The van der Waals surface area contributed by atoms with E-state index in [-0.39, 0.29) is 17.4 Å². The molecule has 0 radical (unpaired) electrons. The maximum Gasteiger partial charge on any atom is 0.310 e. The first-order valence-electron chi connectivity index (χ1n) is 8.83. The number of nitro groups is 1. The number of ketones is 1. The van der Waals surface area contributed by atoms with Gasteiger partial charge in [-0.15, -0.1) is 0 Å². The summed E-state index contributed by atoms with van der Waals surface area (Å²) < 4.78 is 5.59. The number of carbonyl (C=O) groups is 1. The minimum Gasteiger partial charge on any atom is -0.485 e. The molecule has 0 spiro atoms. The van der Waals surface area contributed by atoms with Crippen LogP contribution < -0.4 is 4.74 Å². The van der Waals surface area contributed by atoms with Crippen LogP contribution in [0.15, 0.2) is 54.6 Å². The van der Waals surface area contributed by atoms with Gasteiger partial charge in [-0.2, -0.15) is 0 Å². The standard InChI is InChI=1S/C20H22N2O4/c23-20(16-6-2-1-3-7-16)17-10-12-21(13-11-17)14-15-26-19-9-5-4-8-18(19)22(24)25/h1-9,17H,10-15H2. The Morgan fingerprint density at radius 2 is 1.73 bits per heavy atom. The lowest BCUT2D eigenvalue weighted by molar-refractivity contribution is -0.385. The zero-order valence-electron chi connectivity index (χ0n) is 14.5. The molecule has 1 saturated heterocycles. The Kier molecular flexibility index (Phi) is 5.96. The topological polar surface area (TPSA) is 72.7 Å². The van der Waals surface area contributed by atoms with Gasteiger partial charge < -0.3 is 4.74 Å². The summed E-state index contributed by atoms with van der Waals surface area (Å²) in [6, 6.07) is 15.8. The Hall–Kier alpha value is -2.73. The predicted molar refractivity (Wildman–Crippen MR) is 98.5 cm³/mol. The third-order valence-corrected chi connectivity index (χ3v) is 4.74. The second-order valence-electron chi connectivity index (χ2n) is 6.42. The summed E-state index contributed by atoms with van der Waals surface area (Å²) in [5, 5.41) is 11.0. The second-order valence-corrected chi connectivity index (χ2v) is 6.42. The molecule has 1 aliphatic rings. The quantitative estimate of drug-likeness (QED) is 0.432. The molecule has 0 N–H and O–H groups in total. The van der Waals surface area contributed by atoms with Crippen molar-refractivity contribution in [1.82, 2.24) is 4.90 Å². The van der Waals surface area contributed by atoms with Gasteiger partial charge in [0.2, 0.25) is 0 Å². The number of Topliss-reactive ketones (excluding diaryl/α,β-unsaturated/α-hetero) is 1. The van der Waals surface area contributed by atoms with E-state index in [9.17, 15) is 14.9 Å². The van der Waals surface area contributed by atoms with Crippen molar-refractivity contribution in [3.8, 4) is 5.75 Å². The number of hydrogen-bond donors (Lipinski definition) is 0. The minimum absolute atomic E-state index is 0.0142. The number of nitrogens with zero attached hydrogens (tertiary/aromatic N) is 2. The highest BCUT2D eigenvalue weighted by molar-refractivity contribution is 5.97. The smallest absolute Gasteiger partial charge is 0.310 e. The van der Waals surface area contributed by atoms with Crippen LogP contribution in [0.1, 0.15) is 23.2 Å². The average molecular weight is 354 g/mol. The van der Waals surface area contributed by atoms with Crippen LogP contribution in [0.5, 0.6) is 5.75 Å². The first kappa shape index (κ1) is 18.1. The van der Waals surface area contributed by atoms with Crippen LogP contribution in [0.3, 0.4) is 0 Å². The maximum atomic E-state index is 12.5. The lowest BCUT2D eigenvalue weighted by Crippen LogP contribution is -2.38. The van der Waals surface area contributed by atoms with Crippen molar-refractivity contribution < 1.29 is 14.5 Å². The highest BCUT2D eigenvalue weighted by Crippen LogP contribution is 2.26. The zero-order valence-corrected chi connectivity index (χ0v) is 14.5. The van der Waals surface area contributed by atoms with E-state index in [2.05, 4.69) is 4.90 Å². The third kappa shape index (κ3) is 4.46. The van der Waals surface area contributed by atoms with Crippen LogP contribution in [0, 0.1) is 16.0 Å². The number of benzene rings is 2. The van der Waals surface area contributed by atoms with E-state index in [1.54, 1.807) is 18.2 Å². The molecule has 1 heterocycles. The van der Waals surface area contributed by atoms with Crippen LogP contribution in [0.4, 0.5) is 5.69 Å². The van der Waals surface area contributed by atoms with E-state index in [1.165, 1.54) is 6.07 Å². The lowest BCUT2D eigenvalue weighted by atomic mass is 9.89. The normalized spacial score (nSPS) is 15.5. The fourth-order valence-electron chi connectivity index (χ4n) is 3.27. The van der Waals surface area contributed by atoms with E-state index in [0.717, 1.165) is 31.5 Å². The molecule has 0 aliphatic carbocycles. The minimum atomic E-state index is -0.435. The summed E-state index contributed by atoms with van der Waals surface area (Å²) in [4.78, 5) is 25.3. The molecule has 6 heteroatoms. The molecule has 0 saturated carbocycles. The molecule has 0 amide bonds. The Morgan fingerprint density at radius 3 is 2.42 bits per heavy atom. The molecular weight excluding hydrogens is 332 g/mol. The molecule has 26 heavy (non-hydrogen) atoms. The maximum absolute atomic E-state index is 12.5. The number of piperidine rings is 1. The number of ether oxygens (including phenoxy) is 1. The van der Waals surface area contributed by atoms with Crippen molar-refractivity contribution in [2.24, 2.45) is 5.92 Å². The molecule has 0 atom stereocenters. The van der Waals surface area contributed by atoms with Gasteiger partial charge in [0.15, 0.2) is 11.5 Å². The first-order chi connectivity index (χ1) is 12.6.